The van der Waals surface area contributed by atoms with E-state index in [1.165, 1.54) is 0 Å². The number of rotatable bonds is 7. The molecule has 3 aromatic rings. The van der Waals surface area contributed by atoms with E-state index in [9.17, 15) is 20.1 Å². The van der Waals surface area contributed by atoms with Crippen LogP contribution in [0.5, 0.6) is 0 Å². The molecule has 3 N–H and O–H groups in total. The van der Waals surface area contributed by atoms with Crippen molar-refractivity contribution in [1.29, 1.82) is 0 Å². The number of benzene rings is 1. The molecule has 5 rings (SSSR count). The van der Waals surface area contributed by atoms with Gasteiger partial charge in [-0.3, -0.25) is 4.98 Å². The second-order valence-corrected chi connectivity index (χ2v) is 12.6. The number of H-pyrrole nitrogens is 1. The summed E-state index contributed by atoms with van der Waals surface area (Å²) in [7, 11) is -0.745. The van der Waals surface area contributed by atoms with Crippen LogP contribution in [0.1, 0.15) is 53.5 Å². The number of aromatic amines is 1. The summed E-state index contributed by atoms with van der Waals surface area (Å²) >= 11 is 0. The van der Waals surface area contributed by atoms with Crippen molar-refractivity contribution in [2.45, 2.75) is 63.4 Å². The van der Waals surface area contributed by atoms with Crippen molar-refractivity contribution in [1.82, 2.24) is 15.0 Å². The molecule has 208 valence electrons. The van der Waals surface area contributed by atoms with Gasteiger partial charge in [0.15, 0.2) is 0 Å². The summed E-state index contributed by atoms with van der Waals surface area (Å²) in [5.74, 6) is 1.12. The summed E-state index contributed by atoms with van der Waals surface area (Å²) in [6.07, 6.45) is 2.86. The quantitative estimate of drug-likeness (QED) is 0.378. The van der Waals surface area contributed by atoms with Gasteiger partial charge in [0.05, 0.1) is 17.4 Å². The van der Waals surface area contributed by atoms with Crippen LogP contribution in [0, 0.1) is 6.92 Å². The molecular formula is C28H36N6O4S. The number of nitrogens with one attached hydrogen (secondary N) is 1. The van der Waals surface area contributed by atoms with Crippen LogP contribution >= 0.6 is 10.5 Å². The van der Waals surface area contributed by atoms with Gasteiger partial charge in [-0.25, -0.2) is 0 Å². The van der Waals surface area contributed by atoms with E-state index in [1.807, 2.05) is 43.3 Å². The number of aliphatic hydroxyl groups excluding tert-OH is 1. The zero-order valence-corrected chi connectivity index (χ0v) is 23.3. The number of nitrogens with zero attached hydrogens (tertiary/aromatic N) is 5. The highest BCUT2D eigenvalue weighted by atomic mass is 32.2. The van der Waals surface area contributed by atoms with E-state index in [4.69, 9.17) is 15.0 Å². The number of carboxylic acids is 1. The average Bonchev–Trinajstić information content (AvgIpc) is 3.24. The molecule has 2 aliphatic rings. The van der Waals surface area contributed by atoms with Crippen molar-refractivity contribution in [2.24, 2.45) is 4.99 Å². The molecule has 0 aliphatic carbocycles. The molecule has 0 bridgehead atoms. The standard InChI is InChI=1S/C28H36N6O4S/c1-3-39-24(25(36)37)19(2)29-27(39)32-26-30-22(33-13-9-21(35)10-14-33)17-23(31-26)34-15-11-28(38,12-16-34)18-20-7-5-4-6-8-20/h4-8,17,21,35,38H,3,9-16,18H2,1-2H3,(H-,29,30,31,32,36,37). The molecular weight excluding hydrogens is 516 g/mol. The zero-order chi connectivity index (χ0) is 27.6. The molecule has 0 spiro atoms. The predicted molar refractivity (Wildman–Crippen MR) is 149 cm³/mol. The maximum absolute atomic E-state index is 11.8. The molecule has 2 aromatic heterocycles. The minimum absolute atomic E-state index is 0.242. The van der Waals surface area contributed by atoms with Gasteiger partial charge in [0.1, 0.15) is 23.4 Å². The lowest BCUT2D eigenvalue weighted by molar-refractivity contribution is -0.254. The fraction of sp³-hybridized carbons (Fsp3) is 0.500. The van der Waals surface area contributed by atoms with E-state index in [0.29, 0.717) is 74.5 Å². The Kier molecular flexibility index (Phi) is 8.01. The van der Waals surface area contributed by atoms with Crippen molar-refractivity contribution < 1.29 is 20.1 Å². The van der Waals surface area contributed by atoms with E-state index in [1.54, 1.807) is 6.92 Å². The Bertz CT molecular complexity index is 1370. The molecule has 0 radical (unpaired) electrons. The summed E-state index contributed by atoms with van der Waals surface area (Å²) in [5, 5.41) is 33.0. The fourth-order valence-electron chi connectivity index (χ4n) is 5.45. The first kappa shape index (κ1) is 27.3. The number of aliphatic hydroxyl groups is 2. The van der Waals surface area contributed by atoms with Crippen LogP contribution in [0.25, 0.3) is 0 Å². The van der Waals surface area contributed by atoms with Crippen LogP contribution < -0.4 is 19.7 Å². The van der Waals surface area contributed by atoms with E-state index in [0.717, 1.165) is 17.2 Å². The lowest BCUT2D eigenvalue weighted by Crippen LogP contribution is -2.46. The Morgan fingerprint density at radius 2 is 1.74 bits per heavy atom. The predicted octanol–water partition coefficient (Wildman–Crippen LogP) is 2.01. The summed E-state index contributed by atoms with van der Waals surface area (Å²) in [6.45, 7) is 6.28. The number of anilines is 2. The summed E-state index contributed by atoms with van der Waals surface area (Å²) in [5.41, 5.74) is 0.889. The topological polar surface area (TPSA) is 141 Å². The average molecular weight is 553 g/mol. The molecule has 2 fully saturated rings. The van der Waals surface area contributed by atoms with Crippen LogP contribution in [0.15, 0.2) is 41.4 Å². The van der Waals surface area contributed by atoms with Gasteiger partial charge in [-0.1, -0.05) is 30.3 Å². The molecule has 0 saturated carbocycles. The number of hydrogen-bond acceptors (Lipinski definition) is 9. The van der Waals surface area contributed by atoms with E-state index < -0.39 is 22.0 Å². The van der Waals surface area contributed by atoms with Crippen LogP contribution in [0.4, 0.5) is 17.6 Å². The Morgan fingerprint density at radius 1 is 1.13 bits per heavy atom. The highest BCUT2D eigenvalue weighted by molar-refractivity contribution is 7.30. The third-order valence-corrected chi connectivity index (χ3v) is 9.86. The number of hydrogen-bond donors (Lipinski definition) is 3. The number of thiazole rings is 1. The van der Waals surface area contributed by atoms with Gasteiger partial charge in [0, 0.05) is 49.1 Å². The number of aromatic carboxylic acids is 1. The lowest BCUT2D eigenvalue weighted by atomic mass is 9.85. The fourth-order valence-corrected chi connectivity index (χ4v) is 7.30. The zero-order valence-electron chi connectivity index (χ0n) is 22.5. The molecule has 4 heterocycles. The number of piperidine rings is 2. The van der Waals surface area contributed by atoms with Gasteiger partial charge in [-0.15, -0.1) is 4.99 Å². The SMILES string of the molecule is CC[s+]1c(C(=O)[O-])c(C)[nH]c1=Nc1nc(N2CCC(O)CC2)cc(N2CCC(O)(Cc3ccccc3)CC2)n1. The molecule has 1 atom stereocenters. The maximum Gasteiger partial charge on any atom is 0.348 e. The van der Waals surface area contributed by atoms with Gasteiger partial charge < -0.3 is 29.9 Å². The van der Waals surface area contributed by atoms with Crippen LogP contribution in [-0.4, -0.2) is 69.0 Å². The van der Waals surface area contributed by atoms with Gasteiger partial charge in [-0.2, -0.15) is 9.97 Å². The number of aryl methyl sites for hydroxylation is 1. The summed E-state index contributed by atoms with van der Waals surface area (Å²) in [4.78, 5) is 34.2. The van der Waals surface area contributed by atoms with Crippen LogP contribution in [0.2, 0.25) is 0 Å². The highest BCUT2D eigenvalue weighted by Gasteiger charge is 2.33. The minimum Gasteiger partial charge on any atom is -0.540 e. The minimum atomic E-state index is -1.19. The first-order chi connectivity index (χ1) is 18.7. The Morgan fingerprint density at radius 3 is 2.33 bits per heavy atom. The monoisotopic (exact) mass is 552 g/mol. The first-order valence-electron chi connectivity index (χ1n) is 13.6. The van der Waals surface area contributed by atoms with Gasteiger partial charge in [-0.05, 0) is 45.1 Å². The smallest absolute Gasteiger partial charge is 0.348 e. The van der Waals surface area contributed by atoms with E-state index in [-0.39, 0.29) is 16.9 Å². The number of carboxylic acid groups (broad SMARTS) is 1. The van der Waals surface area contributed by atoms with Gasteiger partial charge >= 0.3 is 4.80 Å². The second kappa shape index (κ2) is 11.4. The number of carbonyl (C=O) groups excluding carboxylic acids is 1. The third-order valence-electron chi connectivity index (χ3n) is 7.66. The summed E-state index contributed by atoms with van der Waals surface area (Å²) < 4.78 is 0. The largest absolute Gasteiger partial charge is 0.540 e. The lowest BCUT2D eigenvalue weighted by Gasteiger charge is -2.39. The van der Waals surface area contributed by atoms with Crippen LogP contribution in [0.3, 0.4) is 0 Å². The van der Waals surface area contributed by atoms with Crippen molar-refractivity contribution in [2.75, 3.05) is 36.0 Å². The molecule has 1 unspecified atom stereocenters. The molecule has 2 saturated heterocycles. The van der Waals surface area contributed by atoms with E-state index in [2.05, 4.69) is 14.8 Å². The number of carbonyl (C=O) groups is 1. The van der Waals surface area contributed by atoms with Gasteiger partial charge in [0.2, 0.25) is 4.88 Å². The Hall–Kier alpha value is -3.28. The third kappa shape index (κ3) is 6.15. The van der Waals surface area contributed by atoms with Gasteiger partial charge in [0.25, 0.3) is 5.95 Å². The van der Waals surface area contributed by atoms with Crippen LogP contribution in [-0.2, 0) is 12.2 Å². The molecule has 11 heteroatoms. The highest BCUT2D eigenvalue weighted by Crippen LogP contribution is 2.32. The Balaban J connectivity index is 1.46. The maximum atomic E-state index is 11.8. The second-order valence-electron chi connectivity index (χ2n) is 10.4. The molecule has 1 aromatic carbocycles. The normalized spacial score (nSPS) is 19.0. The van der Waals surface area contributed by atoms with Crippen molar-refractivity contribution >= 4 is 34.0 Å². The molecule has 10 nitrogen and oxygen atoms in total. The molecule has 39 heavy (non-hydrogen) atoms. The summed E-state index contributed by atoms with van der Waals surface area (Å²) in [6, 6.07) is 12.0. The molecule has 0 amide bonds. The van der Waals surface area contributed by atoms with Crippen molar-refractivity contribution in [3.05, 3.63) is 57.3 Å². The Labute approximate surface area is 230 Å². The van der Waals surface area contributed by atoms with Crippen molar-refractivity contribution in [3.63, 3.8) is 0 Å². The number of aromatic nitrogens is 3. The van der Waals surface area contributed by atoms with Crippen molar-refractivity contribution in [3.8, 4) is 0 Å². The van der Waals surface area contributed by atoms with E-state index >= 15 is 0 Å². The molecule has 2 aliphatic heterocycles. The first-order valence-corrected chi connectivity index (χ1v) is 15.0.